The number of thiazole rings is 1. The second-order valence-electron chi connectivity index (χ2n) is 7.41. The molecule has 0 aliphatic carbocycles. The van der Waals surface area contributed by atoms with E-state index in [1.54, 1.807) is 31.2 Å². The van der Waals surface area contributed by atoms with Gasteiger partial charge in [-0.3, -0.25) is 18.8 Å². The number of fused-ring (bicyclic) bond motifs is 1. The standard InChI is InChI=1S/C25H22N2O5S/c1-4-31-21-13-18(10-11-20(21)32-16(3)28)14-22-24(30)27-15(2)19(23(29)26-25(27)33-22)12-17-8-6-5-7-9-17/h5-11,13-14H,4,12H2,1-3H3. The molecule has 33 heavy (non-hydrogen) atoms. The van der Waals surface area contributed by atoms with Gasteiger partial charge < -0.3 is 9.47 Å². The first-order chi connectivity index (χ1) is 15.9. The van der Waals surface area contributed by atoms with E-state index in [0.717, 1.165) is 16.9 Å². The Kier molecular flexibility index (Phi) is 6.37. The van der Waals surface area contributed by atoms with Crippen LogP contribution in [0.3, 0.4) is 0 Å². The molecule has 4 rings (SSSR count). The van der Waals surface area contributed by atoms with Gasteiger partial charge >= 0.3 is 5.97 Å². The maximum absolute atomic E-state index is 13.2. The molecule has 0 saturated carbocycles. The van der Waals surface area contributed by atoms with Crippen LogP contribution in [0.15, 0.2) is 58.1 Å². The summed E-state index contributed by atoms with van der Waals surface area (Å²) in [6.45, 7) is 5.31. The highest BCUT2D eigenvalue weighted by molar-refractivity contribution is 7.15. The van der Waals surface area contributed by atoms with E-state index in [-0.39, 0.29) is 11.1 Å². The van der Waals surface area contributed by atoms with Crippen molar-refractivity contribution in [3.8, 4) is 11.5 Å². The number of rotatable bonds is 6. The first kappa shape index (κ1) is 22.4. The van der Waals surface area contributed by atoms with Gasteiger partial charge in [-0.05, 0) is 43.2 Å². The Balaban J connectivity index is 1.81. The molecule has 0 amide bonds. The van der Waals surface area contributed by atoms with Crippen LogP contribution < -0.4 is 25.1 Å². The SMILES string of the molecule is CCOc1cc(C=c2sc3nc(=O)c(Cc4ccccc4)c(C)n3c2=O)ccc1OC(C)=O. The third kappa shape index (κ3) is 4.70. The lowest BCUT2D eigenvalue weighted by Crippen LogP contribution is -2.27. The van der Waals surface area contributed by atoms with Crippen molar-refractivity contribution in [2.75, 3.05) is 6.61 Å². The van der Waals surface area contributed by atoms with Gasteiger partial charge in [-0.25, -0.2) is 0 Å². The smallest absolute Gasteiger partial charge is 0.308 e. The molecule has 0 bridgehead atoms. The van der Waals surface area contributed by atoms with E-state index in [9.17, 15) is 14.4 Å². The Bertz CT molecular complexity index is 1510. The number of hydrogen-bond acceptors (Lipinski definition) is 7. The largest absolute Gasteiger partial charge is 0.490 e. The van der Waals surface area contributed by atoms with Crippen molar-refractivity contribution < 1.29 is 14.3 Å². The number of aromatic nitrogens is 2. The molecule has 0 fully saturated rings. The fraction of sp³-hybridized carbons (Fsp3) is 0.200. The van der Waals surface area contributed by atoms with Gasteiger partial charge in [0.05, 0.1) is 11.1 Å². The highest BCUT2D eigenvalue weighted by Crippen LogP contribution is 2.29. The fourth-order valence-corrected chi connectivity index (χ4v) is 4.58. The number of nitrogens with zero attached hydrogens (tertiary/aromatic N) is 2. The molecule has 0 N–H and O–H groups in total. The minimum absolute atomic E-state index is 0.240. The summed E-state index contributed by atoms with van der Waals surface area (Å²) in [5.41, 5.74) is 2.21. The summed E-state index contributed by atoms with van der Waals surface area (Å²) in [6.07, 6.45) is 2.12. The highest BCUT2D eigenvalue weighted by Gasteiger charge is 2.15. The lowest BCUT2D eigenvalue weighted by Gasteiger charge is -2.10. The molecule has 168 valence electrons. The Morgan fingerprint density at radius 2 is 1.88 bits per heavy atom. The van der Waals surface area contributed by atoms with Crippen molar-refractivity contribution in [2.45, 2.75) is 27.2 Å². The molecule has 0 spiro atoms. The van der Waals surface area contributed by atoms with Crippen molar-refractivity contribution in [3.05, 3.63) is 96.2 Å². The average Bonchev–Trinajstić information content (AvgIpc) is 3.08. The van der Waals surface area contributed by atoms with E-state index < -0.39 is 5.97 Å². The highest BCUT2D eigenvalue weighted by atomic mass is 32.1. The quantitative estimate of drug-likeness (QED) is 0.324. The predicted octanol–water partition coefficient (Wildman–Crippen LogP) is 2.89. The van der Waals surface area contributed by atoms with Gasteiger partial charge in [0.25, 0.3) is 11.1 Å². The Morgan fingerprint density at radius 3 is 2.58 bits per heavy atom. The molecule has 2 aromatic carbocycles. The minimum Gasteiger partial charge on any atom is -0.490 e. The van der Waals surface area contributed by atoms with Gasteiger partial charge in [0.1, 0.15) is 0 Å². The topological polar surface area (TPSA) is 87.0 Å². The van der Waals surface area contributed by atoms with Gasteiger partial charge in [0.2, 0.25) is 4.96 Å². The fourth-order valence-electron chi connectivity index (χ4n) is 3.57. The zero-order chi connectivity index (χ0) is 23.5. The number of carbonyl (C=O) groups is 1. The van der Waals surface area contributed by atoms with Crippen LogP contribution in [0, 0.1) is 6.92 Å². The van der Waals surface area contributed by atoms with Crippen LogP contribution in [0.1, 0.15) is 36.2 Å². The molecule has 2 heterocycles. The molecule has 0 aliphatic heterocycles. The van der Waals surface area contributed by atoms with Crippen LogP contribution in [-0.2, 0) is 11.2 Å². The molecule has 7 nitrogen and oxygen atoms in total. The monoisotopic (exact) mass is 462 g/mol. The summed E-state index contributed by atoms with van der Waals surface area (Å²) in [7, 11) is 0. The van der Waals surface area contributed by atoms with Crippen LogP contribution in [0.4, 0.5) is 0 Å². The maximum atomic E-state index is 13.2. The second-order valence-corrected chi connectivity index (χ2v) is 8.42. The number of esters is 1. The predicted molar refractivity (Wildman–Crippen MR) is 127 cm³/mol. The summed E-state index contributed by atoms with van der Waals surface area (Å²) in [4.78, 5) is 41.7. The Labute approximate surface area is 193 Å². The number of hydrogen-bond donors (Lipinski definition) is 0. The third-order valence-corrected chi connectivity index (χ3v) is 6.05. The first-order valence-corrected chi connectivity index (χ1v) is 11.2. The summed E-state index contributed by atoms with van der Waals surface area (Å²) in [5, 5.41) is 0. The van der Waals surface area contributed by atoms with Crippen LogP contribution in [0.2, 0.25) is 0 Å². The zero-order valence-corrected chi connectivity index (χ0v) is 19.3. The van der Waals surface area contributed by atoms with E-state index in [1.165, 1.54) is 11.3 Å². The van der Waals surface area contributed by atoms with Gasteiger partial charge in [-0.15, -0.1) is 0 Å². The number of ether oxygens (including phenoxy) is 2. The van der Waals surface area contributed by atoms with E-state index in [4.69, 9.17) is 9.47 Å². The molecule has 0 radical (unpaired) electrons. The van der Waals surface area contributed by atoms with Gasteiger partial charge in [-0.2, -0.15) is 4.98 Å². The normalized spacial score (nSPS) is 11.7. The van der Waals surface area contributed by atoms with Gasteiger partial charge in [-0.1, -0.05) is 47.7 Å². The minimum atomic E-state index is -0.447. The Morgan fingerprint density at radius 1 is 1.12 bits per heavy atom. The lowest BCUT2D eigenvalue weighted by molar-refractivity contribution is -0.132. The number of benzene rings is 2. The van der Waals surface area contributed by atoms with E-state index in [1.807, 2.05) is 37.3 Å². The van der Waals surface area contributed by atoms with Gasteiger partial charge in [0, 0.05) is 24.6 Å². The molecule has 0 unspecified atom stereocenters. The molecule has 0 atom stereocenters. The molecular formula is C25H22N2O5S. The first-order valence-electron chi connectivity index (χ1n) is 10.4. The van der Waals surface area contributed by atoms with E-state index in [2.05, 4.69) is 4.98 Å². The van der Waals surface area contributed by atoms with Crippen molar-refractivity contribution in [2.24, 2.45) is 0 Å². The van der Waals surface area contributed by atoms with Crippen molar-refractivity contribution in [1.29, 1.82) is 0 Å². The second kappa shape index (κ2) is 9.38. The summed E-state index contributed by atoms with van der Waals surface area (Å²) >= 11 is 1.15. The lowest BCUT2D eigenvalue weighted by atomic mass is 10.1. The zero-order valence-electron chi connectivity index (χ0n) is 18.5. The molecular weight excluding hydrogens is 440 g/mol. The summed E-state index contributed by atoms with van der Waals surface area (Å²) in [5.74, 6) is 0.272. The summed E-state index contributed by atoms with van der Waals surface area (Å²) < 4.78 is 12.7. The molecule has 2 aromatic heterocycles. The Hall–Kier alpha value is -3.78. The van der Waals surface area contributed by atoms with Crippen molar-refractivity contribution >= 4 is 28.3 Å². The van der Waals surface area contributed by atoms with Crippen LogP contribution in [0.5, 0.6) is 11.5 Å². The molecule has 0 saturated heterocycles. The molecule has 0 aliphatic rings. The molecule has 8 heteroatoms. The maximum Gasteiger partial charge on any atom is 0.308 e. The van der Waals surface area contributed by atoms with Crippen LogP contribution >= 0.6 is 11.3 Å². The third-order valence-electron chi connectivity index (χ3n) is 5.08. The van der Waals surface area contributed by atoms with Crippen molar-refractivity contribution in [3.63, 3.8) is 0 Å². The van der Waals surface area contributed by atoms with Crippen molar-refractivity contribution in [1.82, 2.24) is 9.38 Å². The van der Waals surface area contributed by atoms with Crippen LogP contribution in [-0.4, -0.2) is 22.0 Å². The van der Waals surface area contributed by atoms with Gasteiger partial charge in [0.15, 0.2) is 11.5 Å². The van der Waals surface area contributed by atoms with E-state index in [0.29, 0.717) is 50.8 Å². The van der Waals surface area contributed by atoms with E-state index >= 15 is 0 Å². The summed E-state index contributed by atoms with van der Waals surface area (Å²) in [6, 6.07) is 14.7. The number of carbonyl (C=O) groups excluding carboxylic acids is 1. The number of aryl methyl sites for hydroxylation is 1. The average molecular weight is 463 g/mol. The molecule has 4 aromatic rings. The van der Waals surface area contributed by atoms with Crippen LogP contribution in [0.25, 0.3) is 11.0 Å².